The van der Waals surface area contributed by atoms with Crippen LogP contribution in [-0.4, -0.2) is 40.8 Å². The summed E-state index contributed by atoms with van der Waals surface area (Å²) in [5.74, 6) is 0. The second kappa shape index (κ2) is 6.41. The average molecular weight is 326 g/mol. The highest BCUT2D eigenvalue weighted by Crippen LogP contribution is 2.28. The Morgan fingerprint density at radius 3 is 3.14 bits per heavy atom. The third kappa shape index (κ3) is 3.44. The molecule has 7 heteroatoms. The largest absolute Gasteiger partial charge is 0.375 e. The molecule has 3 rings (SSSR count). The smallest absolute Gasteiger partial charge is 0.242 e. The predicted octanol–water partition coefficient (Wildman–Crippen LogP) is 1.56. The van der Waals surface area contributed by atoms with Gasteiger partial charge < -0.3 is 10.1 Å². The van der Waals surface area contributed by atoms with Crippen molar-refractivity contribution < 1.29 is 13.2 Å². The fraction of sp³-hybridized carbons (Fsp3) is 0.429. The van der Waals surface area contributed by atoms with E-state index < -0.39 is 10.0 Å². The van der Waals surface area contributed by atoms with Crippen molar-refractivity contribution in [1.82, 2.24) is 10.0 Å². The Balaban J connectivity index is 1.74. The molecule has 1 aromatic carbocycles. The highest BCUT2D eigenvalue weighted by atomic mass is 32.2. The Morgan fingerprint density at radius 2 is 2.24 bits per heavy atom. The maximum atomic E-state index is 12.5. The molecular weight excluding hydrogens is 308 g/mol. The van der Waals surface area contributed by atoms with Crippen LogP contribution in [0.5, 0.6) is 0 Å². The minimum absolute atomic E-state index is 0.118. The van der Waals surface area contributed by atoms with Crippen LogP contribution in [0.2, 0.25) is 0 Å². The van der Waals surface area contributed by atoms with E-state index in [-0.39, 0.29) is 6.10 Å². The number of nitrogens with one attached hydrogen (secondary N) is 2. The van der Waals surface area contributed by atoms with Gasteiger partial charge in [0.05, 0.1) is 6.10 Å². The van der Waals surface area contributed by atoms with Crippen LogP contribution in [0.3, 0.4) is 0 Å². The molecule has 0 radical (unpaired) electrons. The molecule has 2 heterocycles. The Bertz CT molecular complexity index is 704. The number of benzene rings is 1. The van der Waals surface area contributed by atoms with Crippen LogP contribution < -0.4 is 10.0 Å². The van der Waals surface area contributed by atoms with Gasteiger partial charge in [0.2, 0.25) is 10.0 Å². The number of hydrogen-bond acceptors (Lipinski definition) is 5. The molecule has 1 unspecified atom stereocenters. The first kappa shape index (κ1) is 14.9. The van der Waals surface area contributed by atoms with E-state index in [0.717, 1.165) is 23.1 Å². The first-order chi connectivity index (χ1) is 10.2. The minimum atomic E-state index is -3.50. The minimum Gasteiger partial charge on any atom is -0.375 e. The summed E-state index contributed by atoms with van der Waals surface area (Å²) in [4.78, 5) is 0.352. The molecule has 1 aromatic heterocycles. The van der Waals surface area contributed by atoms with Crippen molar-refractivity contribution in [3.05, 3.63) is 29.6 Å². The molecule has 114 valence electrons. The lowest BCUT2D eigenvalue weighted by Gasteiger charge is -2.15. The molecule has 0 saturated carbocycles. The molecular formula is C14H18N2O3S2. The summed E-state index contributed by atoms with van der Waals surface area (Å²) < 4.78 is 34.2. The highest BCUT2D eigenvalue weighted by Gasteiger charge is 2.21. The van der Waals surface area contributed by atoms with Crippen molar-refractivity contribution in [2.24, 2.45) is 0 Å². The number of hydrogen-bond donors (Lipinski definition) is 2. The second-order valence-corrected chi connectivity index (χ2v) is 7.65. The van der Waals surface area contributed by atoms with Crippen LogP contribution in [0.4, 0.5) is 0 Å². The quantitative estimate of drug-likeness (QED) is 0.895. The molecule has 2 aromatic rings. The lowest BCUT2D eigenvalue weighted by atomic mass is 10.3. The van der Waals surface area contributed by atoms with Gasteiger partial charge in [0.1, 0.15) is 4.90 Å². The van der Waals surface area contributed by atoms with Crippen LogP contribution in [0.1, 0.15) is 6.42 Å². The van der Waals surface area contributed by atoms with Crippen LogP contribution in [-0.2, 0) is 14.8 Å². The number of fused-ring (bicyclic) bond motifs is 1. The summed E-state index contributed by atoms with van der Waals surface area (Å²) in [6.45, 7) is 2.55. The standard InChI is InChI=1S/C14H18N2O3S2/c17-21(18,16-9-11-8-15-6-3-7-19-11)14-10-20-13-5-2-1-4-12(13)14/h1-2,4-5,10-11,15-16H,3,6-9H2. The zero-order valence-electron chi connectivity index (χ0n) is 11.5. The summed E-state index contributed by atoms with van der Waals surface area (Å²) >= 11 is 1.44. The van der Waals surface area contributed by atoms with Gasteiger partial charge in [-0.15, -0.1) is 11.3 Å². The molecule has 1 aliphatic rings. The van der Waals surface area contributed by atoms with Gasteiger partial charge in [-0.3, -0.25) is 0 Å². The van der Waals surface area contributed by atoms with Gasteiger partial charge in [0.25, 0.3) is 0 Å². The summed E-state index contributed by atoms with van der Waals surface area (Å²) in [5, 5.41) is 5.71. The van der Waals surface area contributed by atoms with Crippen molar-refractivity contribution in [2.75, 3.05) is 26.2 Å². The van der Waals surface area contributed by atoms with Gasteiger partial charge in [0, 0.05) is 35.2 Å². The first-order valence-electron chi connectivity index (χ1n) is 6.95. The Labute approximate surface area is 128 Å². The SMILES string of the molecule is O=S(=O)(NCC1CNCCCO1)c1csc2ccccc12. The molecule has 1 fully saturated rings. The maximum absolute atomic E-state index is 12.5. The molecule has 5 nitrogen and oxygen atoms in total. The van der Waals surface area contributed by atoms with Gasteiger partial charge in [-0.2, -0.15) is 0 Å². The Morgan fingerprint density at radius 1 is 1.38 bits per heavy atom. The van der Waals surface area contributed by atoms with E-state index in [9.17, 15) is 8.42 Å². The number of thiophene rings is 1. The molecule has 1 aliphatic heterocycles. The second-order valence-electron chi connectivity index (χ2n) is 5.00. The van der Waals surface area contributed by atoms with Crippen LogP contribution >= 0.6 is 11.3 Å². The van der Waals surface area contributed by atoms with Crippen molar-refractivity contribution in [2.45, 2.75) is 17.4 Å². The van der Waals surface area contributed by atoms with E-state index >= 15 is 0 Å². The fourth-order valence-corrected chi connectivity index (χ4v) is 4.91. The summed E-state index contributed by atoms with van der Waals surface area (Å²) in [6, 6.07) is 7.53. The van der Waals surface area contributed by atoms with E-state index in [0.29, 0.717) is 24.6 Å². The lowest BCUT2D eigenvalue weighted by Crippen LogP contribution is -2.38. The summed E-state index contributed by atoms with van der Waals surface area (Å²) in [7, 11) is -3.50. The molecule has 1 atom stereocenters. The van der Waals surface area contributed by atoms with Crippen molar-refractivity contribution in [1.29, 1.82) is 0 Å². The normalized spacial score (nSPS) is 20.5. The monoisotopic (exact) mass is 326 g/mol. The third-order valence-corrected chi connectivity index (χ3v) is 6.04. The first-order valence-corrected chi connectivity index (χ1v) is 9.31. The number of rotatable bonds is 4. The van der Waals surface area contributed by atoms with E-state index in [2.05, 4.69) is 10.0 Å². The summed E-state index contributed by atoms with van der Waals surface area (Å²) in [5.41, 5.74) is 0. The zero-order valence-corrected chi connectivity index (χ0v) is 13.2. The number of sulfonamides is 1. The van der Waals surface area contributed by atoms with Crippen LogP contribution in [0.25, 0.3) is 10.1 Å². The average Bonchev–Trinajstić information content (AvgIpc) is 2.75. The van der Waals surface area contributed by atoms with Gasteiger partial charge in [-0.05, 0) is 19.0 Å². The zero-order chi connectivity index (χ0) is 14.7. The molecule has 0 aliphatic carbocycles. The van der Waals surface area contributed by atoms with E-state index in [1.165, 1.54) is 11.3 Å². The van der Waals surface area contributed by atoms with Crippen molar-refractivity contribution >= 4 is 31.4 Å². The molecule has 0 bridgehead atoms. The fourth-order valence-electron chi connectivity index (χ4n) is 2.34. The Hall–Kier alpha value is -0.990. The summed E-state index contributed by atoms with van der Waals surface area (Å²) in [6.07, 6.45) is 0.838. The number of ether oxygens (including phenoxy) is 1. The van der Waals surface area contributed by atoms with Crippen molar-refractivity contribution in [3.8, 4) is 0 Å². The topological polar surface area (TPSA) is 67.4 Å². The lowest BCUT2D eigenvalue weighted by molar-refractivity contribution is 0.0707. The molecule has 0 spiro atoms. The van der Waals surface area contributed by atoms with E-state index in [4.69, 9.17) is 4.74 Å². The van der Waals surface area contributed by atoms with Gasteiger partial charge in [-0.25, -0.2) is 13.1 Å². The molecule has 21 heavy (non-hydrogen) atoms. The molecule has 2 N–H and O–H groups in total. The van der Waals surface area contributed by atoms with Gasteiger partial charge >= 0.3 is 0 Å². The van der Waals surface area contributed by atoms with Gasteiger partial charge in [0.15, 0.2) is 0 Å². The van der Waals surface area contributed by atoms with Crippen LogP contribution in [0.15, 0.2) is 34.5 Å². The highest BCUT2D eigenvalue weighted by molar-refractivity contribution is 7.90. The van der Waals surface area contributed by atoms with Gasteiger partial charge in [-0.1, -0.05) is 18.2 Å². The maximum Gasteiger partial charge on any atom is 0.242 e. The predicted molar refractivity (Wildman–Crippen MR) is 84.2 cm³/mol. The molecule has 0 amide bonds. The van der Waals surface area contributed by atoms with Crippen molar-refractivity contribution in [3.63, 3.8) is 0 Å². The van der Waals surface area contributed by atoms with Crippen LogP contribution in [0, 0.1) is 0 Å². The van der Waals surface area contributed by atoms with E-state index in [1.807, 2.05) is 24.3 Å². The Kier molecular flexibility index (Phi) is 4.56. The molecule has 1 saturated heterocycles. The third-order valence-electron chi connectivity index (χ3n) is 3.46. The van der Waals surface area contributed by atoms with E-state index in [1.54, 1.807) is 5.38 Å².